The Morgan fingerprint density at radius 1 is 1.43 bits per heavy atom. The Labute approximate surface area is 84.2 Å². The van der Waals surface area contributed by atoms with Gasteiger partial charge >= 0.3 is 5.97 Å². The predicted octanol–water partition coefficient (Wildman–Crippen LogP) is 0.487. The second-order valence-electron chi connectivity index (χ2n) is 3.28. The first-order chi connectivity index (χ1) is 6.64. The third-order valence-electron chi connectivity index (χ3n) is 2.24. The summed E-state index contributed by atoms with van der Waals surface area (Å²) >= 11 is 0. The van der Waals surface area contributed by atoms with Crippen LogP contribution in [0.3, 0.4) is 0 Å². The summed E-state index contributed by atoms with van der Waals surface area (Å²) in [4.78, 5) is 11.0. The smallest absolute Gasteiger partial charge is 0.330 e. The Morgan fingerprint density at radius 3 is 2.36 bits per heavy atom. The molecular formula is C10H18O4. The molecule has 0 saturated heterocycles. The molecule has 0 aromatic rings. The summed E-state index contributed by atoms with van der Waals surface area (Å²) < 4.78 is 4.87. The zero-order valence-corrected chi connectivity index (χ0v) is 8.69. The van der Waals surface area contributed by atoms with Gasteiger partial charge in [-0.2, -0.15) is 0 Å². The van der Waals surface area contributed by atoms with Crippen molar-refractivity contribution in [2.45, 2.75) is 20.3 Å². The number of carbonyl (C=O) groups excluding carboxylic acids is 1. The van der Waals surface area contributed by atoms with E-state index in [4.69, 9.17) is 14.9 Å². The first kappa shape index (κ1) is 13.1. The summed E-state index contributed by atoms with van der Waals surface area (Å²) in [6.45, 7) is 3.20. The van der Waals surface area contributed by atoms with Crippen LogP contribution in [0.5, 0.6) is 0 Å². The molecular weight excluding hydrogens is 184 g/mol. The van der Waals surface area contributed by atoms with Crippen LogP contribution in [-0.2, 0) is 9.53 Å². The Hall–Kier alpha value is -0.870. The molecule has 0 bridgehead atoms. The molecule has 0 unspecified atom stereocenters. The van der Waals surface area contributed by atoms with Crippen LogP contribution in [0.15, 0.2) is 12.2 Å². The van der Waals surface area contributed by atoms with Crippen molar-refractivity contribution in [3.8, 4) is 0 Å². The van der Waals surface area contributed by atoms with Gasteiger partial charge in [-0.1, -0.05) is 13.0 Å². The summed E-state index contributed by atoms with van der Waals surface area (Å²) in [5, 5.41) is 18.1. The molecule has 2 N–H and O–H groups in total. The maximum Gasteiger partial charge on any atom is 0.330 e. The molecule has 0 fully saturated rings. The van der Waals surface area contributed by atoms with Crippen molar-refractivity contribution in [3.63, 3.8) is 0 Å². The highest BCUT2D eigenvalue weighted by molar-refractivity contribution is 5.81. The SMILES string of the molecule is C/C=C\C(=O)OCC(CC)(CO)CO. The highest BCUT2D eigenvalue weighted by Gasteiger charge is 2.28. The van der Waals surface area contributed by atoms with Crippen LogP contribution in [0.1, 0.15) is 20.3 Å². The van der Waals surface area contributed by atoms with Gasteiger partial charge in [0.1, 0.15) is 6.61 Å². The Morgan fingerprint density at radius 2 is 2.00 bits per heavy atom. The Kier molecular flexibility index (Phi) is 6.16. The molecule has 4 nitrogen and oxygen atoms in total. The highest BCUT2D eigenvalue weighted by Crippen LogP contribution is 2.20. The van der Waals surface area contributed by atoms with Crippen LogP contribution in [0, 0.1) is 5.41 Å². The maximum absolute atomic E-state index is 11.0. The molecule has 0 aliphatic heterocycles. The Balaban J connectivity index is 4.12. The molecule has 82 valence electrons. The second kappa shape index (κ2) is 6.56. The lowest BCUT2D eigenvalue weighted by Crippen LogP contribution is -2.35. The molecule has 0 spiro atoms. The minimum atomic E-state index is -0.711. The molecule has 0 amide bonds. The van der Waals surface area contributed by atoms with Gasteiger partial charge in [-0.25, -0.2) is 4.79 Å². The maximum atomic E-state index is 11.0. The van der Waals surface area contributed by atoms with Crippen LogP contribution in [0.25, 0.3) is 0 Å². The molecule has 0 saturated carbocycles. The van der Waals surface area contributed by atoms with Crippen molar-refractivity contribution in [2.24, 2.45) is 5.41 Å². The number of hydrogen-bond donors (Lipinski definition) is 2. The van der Waals surface area contributed by atoms with E-state index in [1.165, 1.54) is 6.08 Å². The minimum absolute atomic E-state index is 0.0413. The van der Waals surface area contributed by atoms with Gasteiger partial charge < -0.3 is 14.9 Å². The first-order valence-electron chi connectivity index (χ1n) is 4.65. The van der Waals surface area contributed by atoms with Gasteiger partial charge in [-0.15, -0.1) is 0 Å². The van der Waals surface area contributed by atoms with E-state index in [1.807, 2.05) is 6.92 Å². The zero-order valence-electron chi connectivity index (χ0n) is 8.69. The van der Waals surface area contributed by atoms with Gasteiger partial charge in [0.15, 0.2) is 0 Å². The predicted molar refractivity (Wildman–Crippen MR) is 52.7 cm³/mol. The van der Waals surface area contributed by atoms with Gasteiger partial charge in [0.05, 0.1) is 18.6 Å². The molecule has 0 heterocycles. The van der Waals surface area contributed by atoms with Crippen LogP contribution in [0.4, 0.5) is 0 Å². The van der Waals surface area contributed by atoms with E-state index in [0.717, 1.165) is 0 Å². The summed E-state index contributed by atoms with van der Waals surface area (Å²) in [6.07, 6.45) is 3.44. The summed E-state index contributed by atoms with van der Waals surface area (Å²) in [5.74, 6) is -0.452. The number of esters is 1. The van der Waals surface area contributed by atoms with Crippen LogP contribution < -0.4 is 0 Å². The normalized spacial score (nSPS) is 12.0. The molecule has 0 radical (unpaired) electrons. The molecule has 0 rings (SSSR count). The monoisotopic (exact) mass is 202 g/mol. The molecule has 0 aliphatic rings. The highest BCUT2D eigenvalue weighted by atomic mass is 16.5. The number of allylic oxidation sites excluding steroid dienone is 1. The lowest BCUT2D eigenvalue weighted by Gasteiger charge is -2.27. The molecule has 0 aromatic heterocycles. The quantitative estimate of drug-likeness (QED) is 0.486. The van der Waals surface area contributed by atoms with E-state index in [9.17, 15) is 4.79 Å². The topological polar surface area (TPSA) is 66.8 Å². The van der Waals surface area contributed by atoms with Crippen molar-refractivity contribution in [3.05, 3.63) is 12.2 Å². The van der Waals surface area contributed by atoms with E-state index >= 15 is 0 Å². The van der Waals surface area contributed by atoms with Crippen molar-refractivity contribution < 1.29 is 19.7 Å². The van der Waals surface area contributed by atoms with Crippen LogP contribution in [0.2, 0.25) is 0 Å². The number of hydrogen-bond acceptors (Lipinski definition) is 4. The number of aliphatic hydroxyl groups excluding tert-OH is 2. The standard InChI is InChI=1S/C10H18O4/c1-3-5-9(13)14-8-10(4-2,6-11)7-12/h3,5,11-12H,4,6-8H2,1-2H3/b5-3-. The van der Waals surface area contributed by atoms with E-state index in [0.29, 0.717) is 6.42 Å². The van der Waals surface area contributed by atoms with Gasteiger partial charge in [-0.05, 0) is 13.3 Å². The number of rotatable bonds is 6. The molecule has 4 heteroatoms. The van der Waals surface area contributed by atoms with Crippen molar-refractivity contribution in [2.75, 3.05) is 19.8 Å². The summed E-state index contributed by atoms with van der Waals surface area (Å²) in [5.41, 5.74) is -0.711. The van der Waals surface area contributed by atoms with Gasteiger partial charge in [0, 0.05) is 6.08 Å². The van der Waals surface area contributed by atoms with E-state index < -0.39 is 11.4 Å². The lowest BCUT2D eigenvalue weighted by molar-refractivity contribution is -0.143. The average Bonchev–Trinajstić information content (AvgIpc) is 2.21. The number of carbonyl (C=O) groups is 1. The number of ether oxygens (including phenoxy) is 1. The fourth-order valence-electron chi connectivity index (χ4n) is 0.875. The number of aliphatic hydroxyl groups is 2. The fraction of sp³-hybridized carbons (Fsp3) is 0.700. The molecule has 14 heavy (non-hydrogen) atoms. The molecule has 0 atom stereocenters. The minimum Gasteiger partial charge on any atom is -0.462 e. The van der Waals surface area contributed by atoms with Crippen molar-refractivity contribution >= 4 is 5.97 Å². The second-order valence-corrected chi connectivity index (χ2v) is 3.28. The van der Waals surface area contributed by atoms with Gasteiger partial charge in [0.2, 0.25) is 0 Å². The van der Waals surface area contributed by atoms with E-state index in [2.05, 4.69) is 0 Å². The largest absolute Gasteiger partial charge is 0.462 e. The molecule has 0 aromatic carbocycles. The summed E-state index contributed by atoms with van der Waals surface area (Å²) in [6, 6.07) is 0. The van der Waals surface area contributed by atoms with Crippen molar-refractivity contribution in [1.29, 1.82) is 0 Å². The van der Waals surface area contributed by atoms with Crippen LogP contribution >= 0.6 is 0 Å². The Bertz CT molecular complexity index is 186. The lowest BCUT2D eigenvalue weighted by atomic mass is 9.88. The van der Waals surface area contributed by atoms with Gasteiger partial charge in [-0.3, -0.25) is 0 Å². The van der Waals surface area contributed by atoms with Crippen molar-refractivity contribution in [1.82, 2.24) is 0 Å². The first-order valence-corrected chi connectivity index (χ1v) is 4.65. The fourth-order valence-corrected chi connectivity index (χ4v) is 0.875. The third-order valence-corrected chi connectivity index (χ3v) is 2.24. The third kappa shape index (κ3) is 3.89. The van der Waals surface area contributed by atoms with E-state index in [1.54, 1.807) is 13.0 Å². The van der Waals surface area contributed by atoms with Gasteiger partial charge in [0.25, 0.3) is 0 Å². The van der Waals surface area contributed by atoms with Crippen LogP contribution in [-0.4, -0.2) is 36.0 Å². The summed E-state index contributed by atoms with van der Waals surface area (Å²) in [7, 11) is 0. The average molecular weight is 202 g/mol. The van der Waals surface area contributed by atoms with E-state index in [-0.39, 0.29) is 19.8 Å². The molecule has 0 aliphatic carbocycles. The zero-order chi connectivity index (χ0) is 11.0.